The lowest BCUT2D eigenvalue weighted by Gasteiger charge is -2.12. The van der Waals surface area contributed by atoms with Gasteiger partial charge < -0.3 is 10.3 Å². The molecular formula is C17H17N3O. The number of fused-ring (bicyclic) bond motifs is 1. The smallest absolute Gasteiger partial charge is 0.268 e. The third-order valence-electron chi connectivity index (χ3n) is 3.50. The average Bonchev–Trinajstić information content (AvgIpc) is 2.91. The second-order valence-electron chi connectivity index (χ2n) is 5.22. The molecule has 0 radical (unpaired) electrons. The fraction of sp³-hybridized carbons (Fsp3) is 0.176. The maximum absolute atomic E-state index is 12.3. The summed E-state index contributed by atoms with van der Waals surface area (Å²) in [5, 5.41) is 3.99. The molecule has 3 aromatic rings. The molecule has 1 amide bonds. The molecule has 0 aliphatic rings. The highest BCUT2D eigenvalue weighted by Gasteiger charge is 2.14. The van der Waals surface area contributed by atoms with Crippen LogP contribution in [0, 0.1) is 6.92 Å². The maximum atomic E-state index is 12.3. The van der Waals surface area contributed by atoms with Crippen molar-refractivity contribution in [1.82, 2.24) is 15.3 Å². The standard InChI is InChI=1S/C17H17N3O/c1-11-6-7-13-10-16(20-15(13)9-11)17(21)19-12(2)14-5-3-4-8-18-14/h3-10,12,20H,1-2H3,(H,19,21). The fourth-order valence-corrected chi connectivity index (χ4v) is 2.34. The van der Waals surface area contributed by atoms with Crippen molar-refractivity contribution in [2.24, 2.45) is 0 Å². The van der Waals surface area contributed by atoms with Crippen molar-refractivity contribution >= 4 is 16.8 Å². The van der Waals surface area contributed by atoms with Crippen LogP contribution in [0.4, 0.5) is 0 Å². The van der Waals surface area contributed by atoms with E-state index in [9.17, 15) is 4.79 Å². The summed E-state index contributed by atoms with van der Waals surface area (Å²) in [5.41, 5.74) is 3.56. The summed E-state index contributed by atoms with van der Waals surface area (Å²) in [6.07, 6.45) is 1.73. The Labute approximate surface area is 123 Å². The van der Waals surface area contributed by atoms with E-state index in [0.29, 0.717) is 5.69 Å². The normalized spacial score (nSPS) is 12.3. The Morgan fingerprint density at radius 1 is 1.24 bits per heavy atom. The summed E-state index contributed by atoms with van der Waals surface area (Å²) in [7, 11) is 0. The van der Waals surface area contributed by atoms with Gasteiger partial charge in [0.2, 0.25) is 0 Å². The number of carbonyl (C=O) groups excluding carboxylic acids is 1. The molecule has 0 aliphatic heterocycles. The predicted octanol–water partition coefficient (Wildman–Crippen LogP) is 3.36. The van der Waals surface area contributed by atoms with E-state index in [1.54, 1.807) is 6.20 Å². The van der Waals surface area contributed by atoms with Crippen molar-refractivity contribution in [2.45, 2.75) is 19.9 Å². The third kappa shape index (κ3) is 2.79. The molecule has 2 heterocycles. The van der Waals surface area contributed by atoms with Crippen molar-refractivity contribution in [3.8, 4) is 0 Å². The van der Waals surface area contributed by atoms with Crippen LogP contribution in [0.1, 0.15) is 34.7 Å². The van der Waals surface area contributed by atoms with Crippen molar-refractivity contribution < 1.29 is 4.79 Å². The van der Waals surface area contributed by atoms with Gasteiger partial charge >= 0.3 is 0 Å². The van der Waals surface area contributed by atoms with Gasteiger partial charge in [-0.25, -0.2) is 0 Å². The molecule has 21 heavy (non-hydrogen) atoms. The summed E-state index contributed by atoms with van der Waals surface area (Å²) in [4.78, 5) is 19.7. The van der Waals surface area contributed by atoms with E-state index >= 15 is 0 Å². The summed E-state index contributed by atoms with van der Waals surface area (Å²) < 4.78 is 0. The van der Waals surface area contributed by atoms with Gasteiger partial charge in [-0.2, -0.15) is 0 Å². The van der Waals surface area contributed by atoms with Crippen LogP contribution >= 0.6 is 0 Å². The molecule has 1 unspecified atom stereocenters. The lowest BCUT2D eigenvalue weighted by molar-refractivity contribution is 0.0935. The Hall–Kier alpha value is -2.62. The first-order valence-electron chi connectivity index (χ1n) is 6.94. The van der Waals surface area contributed by atoms with Gasteiger partial charge in [0.25, 0.3) is 5.91 Å². The number of H-pyrrole nitrogens is 1. The molecule has 2 N–H and O–H groups in total. The number of hydrogen-bond acceptors (Lipinski definition) is 2. The minimum absolute atomic E-state index is 0.123. The van der Waals surface area contributed by atoms with Crippen molar-refractivity contribution in [3.63, 3.8) is 0 Å². The van der Waals surface area contributed by atoms with Gasteiger partial charge in [-0.1, -0.05) is 18.2 Å². The first-order valence-corrected chi connectivity index (χ1v) is 6.94. The Kier molecular flexibility index (Phi) is 3.44. The molecule has 106 valence electrons. The minimum atomic E-state index is -0.133. The lowest BCUT2D eigenvalue weighted by atomic mass is 10.2. The van der Waals surface area contributed by atoms with Gasteiger partial charge in [-0.15, -0.1) is 0 Å². The van der Waals surface area contributed by atoms with Gasteiger partial charge in [-0.3, -0.25) is 9.78 Å². The van der Waals surface area contributed by atoms with E-state index in [1.165, 1.54) is 0 Å². The predicted molar refractivity (Wildman–Crippen MR) is 83.2 cm³/mol. The number of nitrogens with one attached hydrogen (secondary N) is 2. The molecule has 0 saturated heterocycles. The zero-order chi connectivity index (χ0) is 14.8. The number of aromatic amines is 1. The molecule has 4 heteroatoms. The molecule has 0 spiro atoms. The van der Waals surface area contributed by atoms with E-state index in [0.717, 1.165) is 22.2 Å². The molecule has 4 nitrogen and oxygen atoms in total. The number of aryl methyl sites for hydroxylation is 1. The summed E-state index contributed by atoms with van der Waals surface area (Å²) in [5.74, 6) is -0.123. The second-order valence-corrected chi connectivity index (χ2v) is 5.22. The van der Waals surface area contributed by atoms with Gasteiger partial charge in [-0.05, 0) is 43.7 Å². The maximum Gasteiger partial charge on any atom is 0.268 e. The number of nitrogens with zero attached hydrogens (tertiary/aromatic N) is 1. The molecule has 2 aromatic heterocycles. The van der Waals surface area contributed by atoms with Gasteiger partial charge in [0.1, 0.15) is 5.69 Å². The number of rotatable bonds is 3. The zero-order valence-corrected chi connectivity index (χ0v) is 12.1. The molecular weight excluding hydrogens is 262 g/mol. The Morgan fingerprint density at radius 2 is 2.10 bits per heavy atom. The summed E-state index contributed by atoms with van der Waals surface area (Å²) in [6.45, 7) is 3.95. The summed E-state index contributed by atoms with van der Waals surface area (Å²) >= 11 is 0. The van der Waals surface area contributed by atoms with E-state index < -0.39 is 0 Å². The number of amides is 1. The van der Waals surface area contributed by atoms with Crippen LogP contribution in [-0.4, -0.2) is 15.9 Å². The molecule has 0 aliphatic carbocycles. The molecule has 0 fully saturated rings. The van der Waals surface area contributed by atoms with E-state index in [-0.39, 0.29) is 11.9 Å². The molecule has 1 aromatic carbocycles. The van der Waals surface area contributed by atoms with Gasteiger partial charge in [0.15, 0.2) is 0 Å². The van der Waals surface area contributed by atoms with Crippen LogP contribution in [-0.2, 0) is 0 Å². The van der Waals surface area contributed by atoms with E-state index in [1.807, 2.05) is 56.3 Å². The highest BCUT2D eigenvalue weighted by Crippen LogP contribution is 2.17. The number of hydrogen-bond donors (Lipinski definition) is 2. The molecule has 0 saturated carbocycles. The van der Waals surface area contributed by atoms with Gasteiger partial charge in [0, 0.05) is 17.1 Å². The monoisotopic (exact) mass is 279 g/mol. The van der Waals surface area contributed by atoms with Crippen molar-refractivity contribution in [3.05, 3.63) is 65.6 Å². The van der Waals surface area contributed by atoms with Crippen LogP contribution in [0.2, 0.25) is 0 Å². The second kappa shape index (κ2) is 5.40. The highest BCUT2D eigenvalue weighted by molar-refractivity contribution is 5.98. The molecule has 1 atom stereocenters. The van der Waals surface area contributed by atoms with Crippen LogP contribution in [0.5, 0.6) is 0 Å². The quantitative estimate of drug-likeness (QED) is 0.772. The average molecular weight is 279 g/mol. The Morgan fingerprint density at radius 3 is 2.86 bits per heavy atom. The third-order valence-corrected chi connectivity index (χ3v) is 3.50. The molecule has 3 rings (SSSR count). The lowest BCUT2D eigenvalue weighted by Crippen LogP contribution is -2.27. The van der Waals surface area contributed by atoms with Crippen LogP contribution < -0.4 is 5.32 Å². The van der Waals surface area contributed by atoms with E-state index in [2.05, 4.69) is 15.3 Å². The number of carbonyl (C=O) groups is 1. The SMILES string of the molecule is Cc1ccc2cc(C(=O)NC(C)c3ccccn3)[nH]c2c1. The number of pyridine rings is 1. The van der Waals surface area contributed by atoms with Crippen molar-refractivity contribution in [2.75, 3.05) is 0 Å². The van der Waals surface area contributed by atoms with Crippen LogP contribution in [0.15, 0.2) is 48.7 Å². The highest BCUT2D eigenvalue weighted by atomic mass is 16.1. The first kappa shape index (κ1) is 13.4. The largest absolute Gasteiger partial charge is 0.351 e. The topological polar surface area (TPSA) is 57.8 Å². The van der Waals surface area contributed by atoms with Gasteiger partial charge in [0.05, 0.1) is 11.7 Å². The summed E-state index contributed by atoms with van der Waals surface area (Å²) in [6, 6.07) is 13.5. The molecule has 0 bridgehead atoms. The number of benzene rings is 1. The fourth-order valence-electron chi connectivity index (χ4n) is 2.34. The number of aromatic nitrogens is 2. The van der Waals surface area contributed by atoms with Crippen LogP contribution in [0.25, 0.3) is 10.9 Å². The van der Waals surface area contributed by atoms with Crippen molar-refractivity contribution in [1.29, 1.82) is 0 Å². The van der Waals surface area contributed by atoms with Crippen LogP contribution in [0.3, 0.4) is 0 Å². The minimum Gasteiger partial charge on any atom is -0.351 e. The van der Waals surface area contributed by atoms with E-state index in [4.69, 9.17) is 0 Å². The Bertz CT molecular complexity index is 777. The Balaban J connectivity index is 1.80. The zero-order valence-electron chi connectivity index (χ0n) is 12.1. The first-order chi connectivity index (χ1) is 10.1.